The zero-order chi connectivity index (χ0) is 33.5. The molecule has 3 amide bonds. The van der Waals surface area contributed by atoms with Crippen LogP contribution in [-0.4, -0.2) is 78.2 Å². The number of carboxylic acids is 1. The van der Waals surface area contributed by atoms with Crippen LogP contribution in [0.5, 0.6) is 11.5 Å². The standard InChI is InChI=1S/C34H37ClF2N4O6/c1-46-31-14-22(6-8-29(31)39-34(45)38-28-5-3-2-4-26(28)35)15-32(42)41-20-25(47-30-9-7-23(36)17-27(30)37)18-24(41)19-40-12-10-21(11-13-40)16-33(43)44/h2-9,14,17,21,24-25H,10-13,15-16,18-20H2,1H3,(H,43,44)(H2,38,39,45). The monoisotopic (exact) mass is 670 g/mol. The highest BCUT2D eigenvalue weighted by Crippen LogP contribution is 2.30. The highest BCUT2D eigenvalue weighted by molar-refractivity contribution is 6.33. The summed E-state index contributed by atoms with van der Waals surface area (Å²) in [7, 11) is 1.46. The van der Waals surface area contributed by atoms with Crippen LogP contribution in [0, 0.1) is 17.6 Å². The fraction of sp³-hybridized carbons (Fsp3) is 0.382. The third-order valence-corrected chi connectivity index (χ3v) is 8.84. The quantitative estimate of drug-likeness (QED) is 0.227. The van der Waals surface area contributed by atoms with E-state index in [1.165, 1.54) is 13.2 Å². The molecule has 0 radical (unpaired) electrons. The van der Waals surface area contributed by atoms with Gasteiger partial charge in [0.1, 0.15) is 17.7 Å². The fourth-order valence-electron chi connectivity index (χ4n) is 6.17. The summed E-state index contributed by atoms with van der Waals surface area (Å²) >= 11 is 6.14. The number of urea groups is 1. The maximum Gasteiger partial charge on any atom is 0.323 e. The van der Waals surface area contributed by atoms with Crippen LogP contribution < -0.4 is 20.1 Å². The summed E-state index contributed by atoms with van der Waals surface area (Å²) in [5.74, 6) is -2.08. The number of piperidine rings is 1. The van der Waals surface area contributed by atoms with Gasteiger partial charge in [0.05, 0.1) is 36.5 Å². The van der Waals surface area contributed by atoms with Crippen molar-refractivity contribution >= 4 is 40.9 Å². The molecule has 2 aliphatic rings. The topological polar surface area (TPSA) is 120 Å². The SMILES string of the molecule is COc1cc(CC(=O)N2CC(Oc3ccc(F)cc3F)CC2CN2CCC(CC(=O)O)CC2)ccc1NC(=O)Nc1ccccc1Cl. The van der Waals surface area contributed by atoms with Crippen molar-refractivity contribution in [3.05, 3.63) is 82.9 Å². The van der Waals surface area contributed by atoms with Crippen molar-refractivity contribution in [3.8, 4) is 11.5 Å². The van der Waals surface area contributed by atoms with Crippen molar-refractivity contribution in [2.75, 3.05) is 43.9 Å². The van der Waals surface area contributed by atoms with Gasteiger partial charge in [-0.3, -0.25) is 9.59 Å². The molecule has 13 heteroatoms. The summed E-state index contributed by atoms with van der Waals surface area (Å²) < 4.78 is 39.3. The molecule has 0 saturated carbocycles. The maximum absolute atomic E-state index is 14.4. The van der Waals surface area contributed by atoms with E-state index in [9.17, 15) is 23.2 Å². The predicted octanol–water partition coefficient (Wildman–Crippen LogP) is 6.05. The number of amides is 3. The molecule has 0 spiro atoms. The molecule has 2 fully saturated rings. The molecule has 5 rings (SSSR count). The number of rotatable bonds is 11. The first-order valence-electron chi connectivity index (χ1n) is 15.4. The summed E-state index contributed by atoms with van der Waals surface area (Å²) in [5.41, 5.74) is 1.50. The van der Waals surface area contributed by atoms with E-state index in [-0.39, 0.29) is 43.0 Å². The first kappa shape index (κ1) is 33.9. The summed E-state index contributed by atoms with van der Waals surface area (Å²) in [6.07, 6.45) is 1.63. The van der Waals surface area contributed by atoms with Crippen molar-refractivity contribution in [1.82, 2.24) is 9.80 Å². The van der Waals surface area contributed by atoms with Crippen LogP contribution in [0.3, 0.4) is 0 Å². The fourth-order valence-corrected chi connectivity index (χ4v) is 6.35. The van der Waals surface area contributed by atoms with Gasteiger partial charge in [-0.15, -0.1) is 0 Å². The van der Waals surface area contributed by atoms with E-state index < -0.39 is 29.7 Å². The summed E-state index contributed by atoms with van der Waals surface area (Å²) in [5, 5.41) is 15.0. The number of halogens is 3. The van der Waals surface area contributed by atoms with Gasteiger partial charge in [-0.25, -0.2) is 13.6 Å². The number of carboxylic acid groups (broad SMARTS) is 1. The number of carbonyl (C=O) groups is 3. The first-order valence-corrected chi connectivity index (χ1v) is 15.8. The number of nitrogens with one attached hydrogen (secondary N) is 2. The summed E-state index contributed by atoms with van der Waals surface area (Å²) in [4.78, 5) is 41.5. The Balaban J connectivity index is 1.26. The molecule has 0 bridgehead atoms. The largest absolute Gasteiger partial charge is 0.495 e. The zero-order valence-corrected chi connectivity index (χ0v) is 26.6. The van der Waals surface area contributed by atoms with Crippen LogP contribution in [0.1, 0.15) is 31.2 Å². The van der Waals surface area contributed by atoms with Gasteiger partial charge in [-0.05, 0) is 73.8 Å². The van der Waals surface area contributed by atoms with Gasteiger partial charge in [0, 0.05) is 31.5 Å². The number of hydrogen-bond acceptors (Lipinski definition) is 6. The van der Waals surface area contributed by atoms with Gasteiger partial charge < -0.3 is 35.0 Å². The number of nitrogens with zero attached hydrogens (tertiary/aromatic N) is 2. The van der Waals surface area contributed by atoms with Gasteiger partial charge >= 0.3 is 12.0 Å². The smallest absolute Gasteiger partial charge is 0.323 e. The molecule has 0 aromatic heterocycles. The Labute approximate surface area is 276 Å². The number of anilines is 2. The van der Waals surface area contributed by atoms with Crippen LogP contribution in [-0.2, 0) is 16.0 Å². The van der Waals surface area contributed by atoms with E-state index in [1.54, 1.807) is 47.4 Å². The van der Waals surface area contributed by atoms with Gasteiger partial charge in [0.2, 0.25) is 5.91 Å². The third-order valence-electron chi connectivity index (χ3n) is 8.51. The van der Waals surface area contributed by atoms with Crippen molar-refractivity contribution in [3.63, 3.8) is 0 Å². The molecule has 3 N–H and O–H groups in total. The minimum absolute atomic E-state index is 0.0390. The molecule has 0 aliphatic carbocycles. The van der Waals surface area contributed by atoms with Crippen LogP contribution in [0.15, 0.2) is 60.7 Å². The van der Waals surface area contributed by atoms with E-state index in [0.717, 1.165) is 25.0 Å². The molecule has 47 heavy (non-hydrogen) atoms. The van der Waals surface area contributed by atoms with Crippen LogP contribution in [0.25, 0.3) is 0 Å². The minimum atomic E-state index is -0.812. The Morgan fingerprint density at radius 1 is 0.979 bits per heavy atom. The molecule has 3 aromatic carbocycles. The lowest BCUT2D eigenvalue weighted by atomic mass is 9.93. The predicted molar refractivity (Wildman–Crippen MR) is 173 cm³/mol. The van der Waals surface area contributed by atoms with Gasteiger partial charge in [0.15, 0.2) is 11.6 Å². The maximum atomic E-state index is 14.4. The molecule has 250 valence electrons. The molecule has 10 nitrogen and oxygen atoms in total. The molecule has 2 atom stereocenters. The normalized spacial score (nSPS) is 18.5. The molecular formula is C34H37ClF2N4O6. The second-order valence-electron chi connectivity index (χ2n) is 11.9. The van der Waals surface area contributed by atoms with Crippen molar-refractivity contribution in [2.45, 2.75) is 44.2 Å². The Kier molecular flexibility index (Phi) is 11.2. The Hall–Kier alpha value is -4.42. The number of methoxy groups -OCH3 is 1. The number of aliphatic carboxylic acids is 1. The zero-order valence-electron chi connectivity index (χ0n) is 25.9. The average molecular weight is 671 g/mol. The highest BCUT2D eigenvalue weighted by atomic mass is 35.5. The lowest BCUT2D eigenvalue weighted by Gasteiger charge is -2.35. The van der Waals surface area contributed by atoms with E-state index in [1.807, 2.05) is 0 Å². The van der Waals surface area contributed by atoms with Crippen LogP contribution in [0.4, 0.5) is 25.0 Å². The van der Waals surface area contributed by atoms with Gasteiger partial charge in [-0.2, -0.15) is 0 Å². The summed E-state index contributed by atoms with van der Waals surface area (Å²) in [6.45, 7) is 2.20. The number of para-hydroxylation sites is 1. The van der Waals surface area contributed by atoms with E-state index >= 15 is 0 Å². The second kappa shape index (κ2) is 15.4. The molecule has 2 heterocycles. The molecule has 2 aliphatic heterocycles. The lowest BCUT2D eigenvalue weighted by Crippen LogP contribution is -2.46. The van der Waals surface area contributed by atoms with Gasteiger partial charge in [-0.1, -0.05) is 29.8 Å². The molecule has 2 unspecified atom stereocenters. The Morgan fingerprint density at radius 3 is 2.43 bits per heavy atom. The van der Waals surface area contributed by atoms with Crippen molar-refractivity contribution in [2.24, 2.45) is 5.92 Å². The summed E-state index contributed by atoms with van der Waals surface area (Å²) in [6, 6.07) is 14.3. The minimum Gasteiger partial charge on any atom is -0.495 e. The van der Waals surface area contributed by atoms with Crippen molar-refractivity contribution in [1.29, 1.82) is 0 Å². The second-order valence-corrected chi connectivity index (χ2v) is 12.3. The molecular weight excluding hydrogens is 634 g/mol. The lowest BCUT2D eigenvalue weighted by molar-refractivity contribution is -0.138. The van der Waals surface area contributed by atoms with Crippen LogP contribution in [0.2, 0.25) is 5.02 Å². The van der Waals surface area contributed by atoms with E-state index in [4.69, 9.17) is 26.2 Å². The number of carbonyl (C=O) groups excluding carboxylic acids is 2. The Morgan fingerprint density at radius 2 is 1.72 bits per heavy atom. The van der Waals surface area contributed by atoms with Gasteiger partial charge in [0.25, 0.3) is 0 Å². The number of benzene rings is 3. The third kappa shape index (κ3) is 9.11. The van der Waals surface area contributed by atoms with Crippen molar-refractivity contribution < 1.29 is 37.7 Å². The first-order chi connectivity index (χ1) is 22.6. The Bertz CT molecular complexity index is 1600. The van der Waals surface area contributed by atoms with E-state index in [2.05, 4.69) is 15.5 Å². The van der Waals surface area contributed by atoms with Crippen LogP contribution >= 0.6 is 11.6 Å². The number of ether oxygens (including phenoxy) is 2. The average Bonchev–Trinajstić information content (AvgIpc) is 3.43. The number of hydrogen-bond donors (Lipinski definition) is 3. The number of likely N-dealkylation sites (tertiary alicyclic amines) is 2. The highest BCUT2D eigenvalue weighted by Gasteiger charge is 2.38. The molecule has 2 saturated heterocycles. The molecule has 3 aromatic rings. The van der Waals surface area contributed by atoms with E-state index in [0.29, 0.717) is 53.8 Å².